The van der Waals surface area contributed by atoms with Crippen molar-refractivity contribution in [2.45, 2.75) is 19.3 Å². The molecule has 5 aromatic rings. The molecule has 5 rings (SSSR count). The second kappa shape index (κ2) is 10.5. The number of nitrogens with zero attached hydrogens (tertiary/aromatic N) is 2. The lowest BCUT2D eigenvalue weighted by Gasteiger charge is -2.08. The molecule has 0 saturated carbocycles. The number of fused-ring (bicyclic) bond motifs is 2. The molecule has 3 aromatic carbocycles. The van der Waals surface area contributed by atoms with Gasteiger partial charge in [-0.15, -0.1) is 0 Å². The number of non-ortho nitro benzene ring substituents is 1. The minimum Gasteiger partial charge on any atom is -0.353 e. The number of nitro benzene ring substituents is 1. The van der Waals surface area contributed by atoms with Crippen molar-refractivity contribution in [3.05, 3.63) is 106 Å². The molecule has 0 aliphatic heterocycles. The Kier molecular flexibility index (Phi) is 6.77. The van der Waals surface area contributed by atoms with Crippen LogP contribution in [-0.2, 0) is 11.2 Å². The van der Waals surface area contributed by atoms with Crippen molar-refractivity contribution in [2.75, 3.05) is 0 Å². The van der Waals surface area contributed by atoms with E-state index in [1.807, 2.05) is 36.4 Å². The molecule has 190 valence electrons. The third-order valence-electron chi connectivity index (χ3n) is 6.21. The van der Waals surface area contributed by atoms with Crippen LogP contribution in [-0.4, -0.2) is 26.7 Å². The Morgan fingerprint density at radius 1 is 0.974 bits per heavy atom. The summed E-state index contributed by atoms with van der Waals surface area (Å²) in [5.41, 5.74) is 8.64. The van der Waals surface area contributed by atoms with E-state index in [2.05, 4.69) is 15.8 Å². The average Bonchev–Trinajstić information content (AvgIpc) is 3.29. The molecule has 0 unspecified atom stereocenters. The lowest BCUT2D eigenvalue weighted by molar-refractivity contribution is -0.384. The molecule has 0 saturated heterocycles. The van der Waals surface area contributed by atoms with Crippen LogP contribution in [0.3, 0.4) is 0 Å². The number of para-hydroxylation sites is 1. The molecule has 0 fully saturated rings. The Labute approximate surface area is 215 Å². The Morgan fingerprint density at radius 2 is 1.76 bits per heavy atom. The van der Waals surface area contributed by atoms with E-state index < -0.39 is 16.7 Å². The number of hydrogen-bond acceptors (Lipinski definition) is 5. The molecule has 2 aromatic heterocycles. The highest BCUT2D eigenvalue weighted by Gasteiger charge is 2.16. The molecule has 38 heavy (non-hydrogen) atoms. The quantitative estimate of drug-likeness (QED) is 0.204. The lowest BCUT2D eigenvalue weighted by atomic mass is 10.0. The van der Waals surface area contributed by atoms with Gasteiger partial charge in [-0.05, 0) is 60.9 Å². The number of hydrazine groups is 1. The summed E-state index contributed by atoms with van der Waals surface area (Å²) in [7, 11) is 0. The highest BCUT2D eigenvalue weighted by atomic mass is 19.1. The topological polar surface area (TPSA) is 130 Å². The highest BCUT2D eigenvalue weighted by Crippen LogP contribution is 2.32. The second-order valence-electron chi connectivity index (χ2n) is 8.72. The first kappa shape index (κ1) is 24.6. The van der Waals surface area contributed by atoms with Crippen molar-refractivity contribution in [3.8, 4) is 11.4 Å². The molecule has 0 radical (unpaired) electrons. The van der Waals surface area contributed by atoms with Gasteiger partial charge < -0.3 is 4.98 Å². The summed E-state index contributed by atoms with van der Waals surface area (Å²) in [6.45, 7) is 0. The molecule has 2 amide bonds. The van der Waals surface area contributed by atoms with E-state index in [0.29, 0.717) is 12.8 Å². The summed E-state index contributed by atoms with van der Waals surface area (Å²) in [4.78, 5) is 42.9. The fourth-order valence-corrected chi connectivity index (χ4v) is 4.32. The maximum absolute atomic E-state index is 14.1. The second-order valence-corrected chi connectivity index (χ2v) is 8.72. The van der Waals surface area contributed by atoms with Gasteiger partial charge in [0.1, 0.15) is 5.82 Å². The largest absolute Gasteiger partial charge is 0.353 e. The van der Waals surface area contributed by atoms with E-state index in [-0.39, 0.29) is 23.5 Å². The molecule has 0 aliphatic rings. The Bertz CT molecular complexity index is 1680. The fraction of sp³-hybridized carbons (Fsp3) is 0.107. The predicted molar refractivity (Wildman–Crippen MR) is 141 cm³/mol. The van der Waals surface area contributed by atoms with Gasteiger partial charge in [-0.2, -0.15) is 0 Å². The minimum atomic E-state index is -0.593. The van der Waals surface area contributed by atoms with Crippen molar-refractivity contribution in [2.24, 2.45) is 0 Å². The maximum Gasteiger partial charge on any atom is 0.269 e. The molecule has 0 spiro atoms. The van der Waals surface area contributed by atoms with Gasteiger partial charge in [-0.3, -0.25) is 30.6 Å². The molecular formula is C28H22FN5O4. The Hall–Kier alpha value is -5.12. The van der Waals surface area contributed by atoms with Gasteiger partial charge in [0.25, 0.3) is 11.6 Å². The summed E-state index contributed by atoms with van der Waals surface area (Å²) in [6.07, 6.45) is 1.01. The van der Waals surface area contributed by atoms with E-state index in [9.17, 15) is 24.1 Å². The zero-order valence-electron chi connectivity index (χ0n) is 20.0. The Morgan fingerprint density at radius 3 is 2.55 bits per heavy atom. The third kappa shape index (κ3) is 5.19. The number of aromatic amines is 1. The average molecular weight is 512 g/mol. The zero-order chi connectivity index (χ0) is 26.6. The van der Waals surface area contributed by atoms with Gasteiger partial charge in [0.05, 0.1) is 21.8 Å². The van der Waals surface area contributed by atoms with Gasteiger partial charge in [0, 0.05) is 40.4 Å². The highest BCUT2D eigenvalue weighted by molar-refractivity contribution is 5.95. The summed E-state index contributed by atoms with van der Waals surface area (Å²) >= 11 is 0. The molecule has 10 heteroatoms. The van der Waals surface area contributed by atoms with Crippen LogP contribution < -0.4 is 10.9 Å². The number of rotatable bonds is 7. The van der Waals surface area contributed by atoms with Crippen LogP contribution in [0.4, 0.5) is 10.1 Å². The van der Waals surface area contributed by atoms with Crippen molar-refractivity contribution < 1.29 is 18.9 Å². The molecular weight excluding hydrogens is 489 g/mol. The van der Waals surface area contributed by atoms with Gasteiger partial charge in [0.15, 0.2) is 0 Å². The van der Waals surface area contributed by atoms with Crippen molar-refractivity contribution in [1.29, 1.82) is 0 Å². The van der Waals surface area contributed by atoms with Crippen molar-refractivity contribution >= 4 is 39.3 Å². The van der Waals surface area contributed by atoms with E-state index in [1.54, 1.807) is 6.07 Å². The number of aryl methyl sites for hydroxylation is 1. The number of nitro groups is 1. The predicted octanol–water partition coefficient (Wildman–Crippen LogP) is 5.21. The number of amides is 2. The smallest absolute Gasteiger partial charge is 0.269 e. The van der Waals surface area contributed by atoms with Crippen LogP contribution in [0.5, 0.6) is 0 Å². The molecule has 0 aliphatic carbocycles. The number of carbonyl (C=O) groups is 2. The first-order valence-corrected chi connectivity index (χ1v) is 11.9. The van der Waals surface area contributed by atoms with Crippen LogP contribution in [0.15, 0.2) is 78.9 Å². The SMILES string of the molecule is O=C(CCCc1c(-c2ccc3ccccc3n2)[nH]c2ccc(F)cc12)NNC(=O)c1ccc([N+](=O)[O-])cc1. The number of halogens is 1. The number of hydrogen-bond donors (Lipinski definition) is 3. The summed E-state index contributed by atoms with van der Waals surface area (Å²) in [5, 5.41) is 12.5. The molecule has 9 nitrogen and oxygen atoms in total. The van der Waals surface area contributed by atoms with Crippen LogP contribution in [0.1, 0.15) is 28.8 Å². The molecule has 0 atom stereocenters. The minimum absolute atomic E-state index is 0.104. The Balaban J connectivity index is 1.27. The zero-order valence-corrected chi connectivity index (χ0v) is 20.0. The van der Waals surface area contributed by atoms with E-state index >= 15 is 0 Å². The summed E-state index contributed by atoms with van der Waals surface area (Å²) in [6, 6.07) is 21.2. The van der Waals surface area contributed by atoms with Crippen molar-refractivity contribution in [1.82, 2.24) is 20.8 Å². The maximum atomic E-state index is 14.1. The lowest BCUT2D eigenvalue weighted by Crippen LogP contribution is -2.41. The number of benzene rings is 3. The first-order valence-electron chi connectivity index (χ1n) is 11.9. The standard InChI is InChI=1S/C28H22FN5O4/c29-19-11-15-24-22(16-19)21(27(31-24)25-14-10-17-4-1-2-6-23(17)30-25)5-3-7-26(35)32-33-28(36)18-8-12-20(13-9-18)34(37)38/h1-2,4,6,8-16,31H,3,5,7H2,(H,32,35)(H,33,36). The third-order valence-corrected chi connectivity index (χ3v) is 6.21. The van der Waals surface area contributed by atoms with Gasteiger partial charge >= 0.3 is 0 Å². The van der Waals surface area contributed by atoms with E-state index in [1.165, 1.54) is 36.4 Å². The molecule has 2 heterocycles. The van der Waals surface area contributed by atoms with Crippen LogP contribution >= 0.6 is 0 Å². The van der Waals surface area contributed by atoms with Gasteiger partial charge in [-0.1, -0.05) is 24.3 Å². The van der Waals surface area contributed by atoms with Crippen LogP contribution in [0.2, 0.25) is 0 Å². The number of H-pyrrole nitrogens is 1. The summed E-state index contributed by atoms with van der Waals surface area (Å²) in [5.74, 6) is -1.36. The van der Waals surface area contributed by atoms with E-state index in [0.717, 1.165) is 38.8 Å². The number of nitrogens with one attached hydrogen (secondary N) is 3. The summed E-state index contributed by atoms with van der Waals surface area (Å²) < 4.78 is 14.1. The van der Waals surface area contributed by atoms with Crippen LogP contribution in [0.25, 0.3) is 33.2 Å². The normalized spacial score (nSPS) is 11.0. The van der Waals surface area contributed by atoms with Gasteiger partial charge in [-0.25, -0.2) is 9.37 Å². The van der Waals surface area contributed by atoms with Crippen molar-refractivity contribution in [3.63, 3.8) is 0 Å². The number of aromatic nitrogens is 2. The first-order chi connectivity index (χ1) is 18.4. The van der Waals surface area contributed by atoms with Gasteiger partial charge in [0.2, 0.25) is 5.91 Å². The molecule has 0 bridgehead atoms. The van der Waals surface area contributed by atoms with E-state index in [4.69, 9.17) is 4.98 Å². The fourth-order valence-electron chi connectivity index (χ4n) is 4.32. The molecule has 3 N–H and O–H groups in total. The van der Waals surface area contributed by atoms with Crippen LogP contribution in [0, 0.1) is 15.9 Å². The monoisotopic (exact) mass is 511 g/mol. The number of carbonyl (C=O) groups excluding carboxylic acids is 2. The number of pyridine rings is 1.